The number of hydrogen-bond acceptors (Lipinski definition) is 3. The Bertz CT molecular complexity index is 300. The SMILES string of the molecule is O=C(O)C(NCCCO)c1ccccc1. The van der Waals surface area contributed by atoms with E-state index in [4.69, 9.17) is 10.2 Å². The highest BCUT2D eigenvalue weighted by Gasteiger charge is 2.17. The zero-order chi connectivity index (χ0) is 11.1. The van der Waals surface area contributed by atoms with Crippen LogP contribution in [-0.4, -0.2) is 29.3 Å². The minimum atomic E-state index is -0.904. The minimum Gasteiger partial charge on any atom is -0.480 e. The van der Waals surface area contributed by atoms with Crippen LogP contribution >= 0.6 is 0 Å². The third-order valence-electron chi connectivity index (χ3n) is 2.06. The average Bonchev–Trinajstić information content (AvgIpc) is 2.25. The molecule has 0 fully saturated rings. The first-order chi connectivity index (χ1) is 7.25. The Hall–Kier alpha value is -1.39. The van der Waals surface area contributed by atoms with Crippen LogP contribution in [0.2, 0.25) is 0 Å². The second-order valence-electron chi connectivity index (χ2n) is 3.21. The van der Waals surface area contributed by atoms with Gasteiger partial charge in [-0.1, -0.05) is 30.3 Å². The molecule has 0 heterocycles. The van der Waals surface area contributed by atoms with Gasteiger partial charge in [0.15, 0.2) is 0 Å². The van der Waals surface area contributed by atoms with Crippen LogP contribution < -0.4 is 5.32 Å². The van der Waals surface area contributed by atoms with Gasteiger partial charge >= 0.3 is 5.97 Å². The standard InChI is InChI=1S/C11H15NO3/c13-8-4-7-12-10(11(14)15)9-5-2-1-3-6-9/h1-3,5-6,10,12-13H,4,7-8H2,(H,14,15). The molecular weight excluding hydrogens is 194 g/mol. The van der Waals surface area contributed by atoms with E-state index < -0.39 is 12.0 Å². The fourth-order valence-corrected chi connectivity index (χ4v) is 1.32. The summed E-state index contributed by atoms with van der Waals surface area (Å²) < 4.78 is 0. The van der Waals surface area contributed by atoms with Gasteiger partial charge in [0.05, 0.1) is 0 Å². The molecule has 15 heavy (non-hydrogen) atoms. The van der Waals surface area contributed by atoms with Gasteiger partial charge in [0.1, 0.15) is 6.04 Å². The Morgan fingerprint density at radius 2 is 2.00 bits per heavy atom. The first kappa shape index (κ1) is 11.7. The number of aliphatic hydroxyl groups is 1. The van der Waals surface area contributed by atoms with E-state index in [2.05, 4.69) is 5.32 Å². The molecule has 4 heteroatoms. The molecule has 0 aliphatic carbocycles. The van der Waals surface area contributed by atoms with Crippen molar-refractivity contribution in [1.29, 1.82) is 0 Å². The van der Waals surface area contributed by atoms with Crippen molar-refractivity contribution in [3.8, 4) is 0 Å². The molecule has 0 aliphatic rings. The Morgan fingerprint density at radius 1 is 1.33 bits per heavy atom. The van der Waals surface area contributed by atoms with Gasteiger partial charge in [-0.05, 0) is 18.5 Å². The maximum absolute atomic E-state index is 11.0. The molecule has 0 bridgehead atoms. The lowest BCUT2D eigenvalue weighted by molar-refractivity contribution is -0.139. The van der Waals surface area contributed by atoms with E-state index in [9.17, 15) is 4.79 Å². The van der Waals surface area contributed by atoms with Crippen molar-refractivity contribution in [1.82, 2.24) is 5.32 Å². The molecule has 1 atom stereocenters. The molecule has 0 saturated carbocycles. The number of aliphatic hydroxyl groups excluding tert-OH is 1. The summed E-state index contributed by atoms with van der Waals surface area (Å²) in [5.74, 6) is -0.904. The number of hydrogen-bond donors (Lipinski definition) is 3. The van der Waals surface area contributed by atoms with Crippen LogP contribution in [0.3, 0.4) is 0 Å². The second kappa shape index (κ2) is 6.16. The van der Waals surface area contributed by atoms with Crippen LogP contribution in [-0.2, 0) is 4.79 Å². The molecule has 0 saturated heterocycles. The van der Waals surface area contributed by atoms with E-state index in [1.54, 1.807) is 24.3 Å². The highest BCUT2D eigenvalue weighted by Crippen LogP contribution is 2.12. The van der Waals surface area contributed by atoms with E-state index in [0.29, 0.717) is 13.0 Å². The van der Waals surface area contributed by atoms with Crippen LogP contribution in [0.15, 0.2) is 30.3 Å². The van der Waals surface area contributed by atoms with E-state index in [0.717, 1.165) is 5.56 Å². The predicted octanol–water partition coefficient (Wildman–Crippen LogP) is 0.784. The Labute approximate surface area is 88.6 Å². The Morgan fingerprint density at radius 3 is 2.53 bits per heavy atom. The lowest BCUT2D eigenvalue weighted by atomic mass is 10.1. The second-order valence-corrected chi connectivity index (χ2v) is 3.21. The lowest BCUT2D eigenvalue weighted by Crippen LogP contribution is -2.29. The summed E-state index contributed by atoms with van der Waals surface area (Å²) in [5.41, 5.74) is 0.725. The third-order valence-corrected chi connectivity index (χ3v) is 2.06. The molecule has 0 aromatic heterocycles. The van der Waals surface area contributed by atoms with Crippen LogP contribution in [0, 0.1) is 0 Å². The summed E-state index contributed by atoms with van der Waals surface area (Å²) in [6.07, 6.45) is 0.552. The van der Waals surface area contributed by atoms with E-state index in [-0.39, 0.29) is 6.61 Å². The lowest BCUT2D eigenvalue weighted by Gasteiger charge is -2.14. The predicted molar refractivity (Wildman–Crippen MR) is 56.5 cm³/mol. The number of carboxylic acid groups (broad SMARTS) is 1. The monoisotopic (exact) mass is 209 g/mol. The van der Waals surface area contributed by atoms with Gasteiger partial charge in [0.2, 0.25) is 0 Å². The smallest absolute Gasteiger partial charge is 0.325 e. The van der Waals surface area contributed by atoms with Crippen molar-refractivity contribution in [2.75, 3.05) is 13.2 Å². The third kappa shape index (κ3) is 3.69. The number of aliphatic carboxylic acids is 1. The maximum Gasteiger partial charge on any atom is 0.325 e. The molecule has 0 aliphatic heterocycles. The molecule has 1 aromatic carbocycles. The van der Waals surface area contributed by atoms with Crippen molar-refractivity contribution >= 4 is 5.97 Å². The van der Waals surface area contributed by atoms with E-state index >= 15 is 0 Å². The number of benzene rings is 1. The van der Waals surface area contributed by atoms with E-state index in [1.165, 1.54) is 0 Å². The summed E-state index contributed by atoms with van der Waals surface area (Å²) in [5, 5.41) is 20.5. The van der Waals surface area contributed by atoms with Crippen molar-refractivity contribution < 1.29 is 15.0 Å². The van der Waals surface area contributed by atoms with E-state index in [1.807, 2.05) is 6.07 Å². The largest absolute Gasteiger partial charge is 0.480 e. The quantitative estimate of drug-likeness (QED) is 0.606. The summed E-state index contributed by atoms with van der Waals surface area (Å²) in [4.78, 5) is 11.0. The fourth-order valence-electron chi connectivity index (χ4n) is 1.32. The molecule has 0 spiro atoms. The highest BCUT2D eigenvalue weighted by atomic mass is 16.4. The van der Waals surface area contributed by atoms with Gasteiger partial charge < -0.3 is 15.5 Å². The van der Waals surface area contributed by atoms with Crippen molar-refractivity contribution in [3.63, 3.8) is 0 Å². The van der Waals surface area contributed by atoms with Crippen molar-refractivity contribution in [2.24, 2.45) is 0 Å². The van der Waals surface area contributed by atoms with Gasteiger partial charge in [-0.15, -0.1) is 0 Å². The topological polar surface area (TPSA) is 69.6 Å². The molecule has 0 amide bonds. The summed E-state index contributed by atoms with van der Waals surface area (Å²) in [6, 6.07) is 8.29. The van der Waals surface area contributed by atoms with Gasteiger partial charge in [-0.25, -0.2) is 0 Å². The summed E-state index contributed by atoms with van der Waals surface area (Å²) in [7, 11) is 0. The molecular formula is C11H15NO3. The fraction of sp³-hybridized carbons (Fsp3) is 0.364. The molecule has 3 N–H and O–H groups in total. The molecule has 82 valence electrons. The first-order valence-electron chi connectivity index (χ1n) is 4.87. The van der Waals surface area contributed by atoms with Crippen LogP contribution in [0.5, 0.6) is 0 Å². The molecule has 1 aromatic rings. The minimum absolute atomic E-state index is 0.0636. The van der Waals surface area contributed by atoms with Gasteiger partial charge in [-0.3, -0.25) is 4.79 Å². The van der Waals surface area contributed by atoms with Crippen LogP contribution in [0.4, 0.5) is 0 Å². The summed E-state index contributed by atoms with van der Waals surface area (Å²) in [6.45, 7) is 0.552. The summed E-state index contributed by atoms with van der Waals surface area (Å²) >= 11 is 0. The zero-order valence-corrected chi connectivity index (χ0v) is 8.39. The molecule has 0 radical (unpaired) electrons. The number of carbonyl (C=O) groups is 1. The number of nitrogens with one attached hydrogen (secondary N) is 1. The highest BCUT2D eigenvalue weighted by molar-refractivity contribution is 5.75. The normalized spacial score (nSPS) is 12.3. The average molecular weight is 209 g/mol. The van der Waals surface area contributed by atoms with Crippen molar-refractivity contribution in [2.45, 2.75) is 12.5 Å². The number of rotatable bonds is 6. The Kier molecular flexibility index (Phi) is 4.80. The molecule has 1 rings (SSSR count). The van der Waals surface area contributed by atoms with Crippen molar-refractivity contribution in [3.05, 3.63) is 35.9 Å². The van der Waals surface area contributed by atoms with Gasteiger partial charge in [0, 0.05) is 6.61 Å². The zero-order valence-electron chi connectivity index (χ0n) is 8.39. The van der Waals surface area contributed by atoms with Gasteiger partial charge in [0.25, 0.3) is 0 Å². The van der Waals surface area contributed by atoms with Gasteiger partial charge in [-0.2, -0.15) is 0 Å². The van der Waals surface area contributed by atoms with Crippen LogP contribution in [0.25, 0.3) is 0 Å². The molecule has 1 unspecified atom stereocenters. The first-order valence-corrected chi connectivity index (χ1v) is 4.87. The maximum atomic E-state index is 11.0. The number of carboxylic acids is 1. The molecule has 4 nitrogen and oxygen atoms in total. The Balaban J connectivity index is 2.62. The van der Waals surface area contributed by atoms with Crippen LogP contribution in [0.1, 0.15) is 18.0 Å².